The van der Waals surface area contributed by atoms with Crippen LogP contribution in [-0.4, -0.2) is 36.0 Å². The van der Waals surface area contributed by atoms with Crippen LogP contribution in [0.3, 0.4) is 0 Å². The maximum Gasteiger partial charge on any atom is 0.286 e. The van der Waals surface area contributed by atoms with Crippen molar-refractivity contribution in [1.82, 2.24) is 10.2 Å². The number of halogens is 1. The molecule has 2 aromatic carbocycles. The summed E-state index contributed by atoms with van der Waals surface area (Å²) < 4.78 is 0. The molecule has 0 spiro atoms. The second-order valence-electron chi connectivity index (χ2n) is 6.32. The Bertz CT molecular complexity index is 856. The fourth-order valence-corrected chi connectivity index (χ4v) is 3.30. The molecule has 1 unspecified atom stereocenters. The number of anilines is 1. The number of nitrogens with one attached hydrogen (secondary N) is 2. The van der Waals surface area contributed by atoms with E-state index >= 15 is 0 Å². The molecule has 0 fully saturated rings. The molecule has 0 radical (unpaired) electrons. The number of carbonyl (C=O) groups is 3. The number of carbonyl (C=O) groups excluding carboxylic acids is 3. The molecule has 0 aliphatic heterocycles. The molecule has 1 atom stereocenters. The molecule has 0 heterocycles. The molecule has 0 aliphatic rings. The molecule has 0 aliphatic carbocycles. The lowest BCUT2D eigenvalue weighted by molar-refractivity contribution is -0.120. The molecule has 2 aromatic rings. The number of hydrogen-bond donors (Lipinski definition) is 2. The third kappa shape index (κ3) is 6.58. The number of rotatable bonds is 6. The average Bonchev–Trinajstić information content (AvgIpc) is 2.63. The third-order valence-electron chi connectivity index (χ3n) is 3.76. The molecule has 3 amide bonds. The lowest BCUT2D eigenvalue weighted by Crippen LogP contribution is -2.29. The van der Waals surface area contributed by atoms with Crippen molar-refractivity contribution in [3.05, 3.63) is 59.1 Å². The van der Waals surface area contributed by atoms with Crippen molar-refractivity contribution in [3.63, 3.8) is 0 Å². The minimum Gasteiger partial charge on any atom is -0.349 e. The van der Waals surface area contributed by atoms with Crippen molar-refractivity contribution in [2.45, 2.75) is 24.3 Å². The lowest BCUT2D eigenvalue weighted by Gasteiger charge is -2.19. The van der Waals surface area contributed by atoms with Crippen LogP contribution in [0.2, 0.25) is 5.02 Å². The SMILES string of the molecule is CC(=O)NC(CC(=O)Nc1ccccc1SC(=O)N(C)C)c1ccc(Cl)cc1. The highest BCUT2D eigenvalue weighted by Gasteiger charge is 2.19. The van der Waals surface area contributed by atoms with Crippen molar-refractivity contribution < 1.29 is 14.4 Å². The third-order valence-corrected chi connectivity index (χ3v) is 5.13. The molecule has 2 rings (SSSR count). The molecule has 148 valence electrons. The minimum absolute atomic E-state index is 0.0435. The molecule has 0 saturated heterocycles. The Hall–Kier alpha value is -2.51. The Morgan fingerprint density at radius 1 is 1.07 bits per heavy atom. The largest absolute Gasteiger partial charge is 0.349 e. The van der Waals surface area contributed by atoms with Gasteiger partial charge in [0.15, 0.2) is 0 Å². The van der Waals surface area contributed by atoms with Crippen molar-refractivity contribution in [2.24, 2.45) is 0 Å². The van der Waals surface area contributed by atoms with Crippen molar-refractivity contribution in [2.75, 3.05) is 19.4 Å². The Morgan fingerprint density at radius 3 is 2.32 bits per heavy atom. The van der Waals surface area contributed by atoms with E-state index in [1.165, 1.54) is 11.8 Å². The summed E-state index contributed by atoms with van der Waals surface area (Å²) in [6, 6.07) is 13.6. The van der Waals surface area contributed by atoms with E-state index in [1.54, 1.807) is 62.6 Å². The summed E-state index contributed by atoms with van der Waals surface area (Å²) in [6.07, 6.45) is 0.0435. The van der Waals surface area contributed by atoms with E-state index < -0.39 is 6.04 Å². The standard InChI is InChI=1S/C20H22ClN3O3S/c1-13(25)22-17(14-8-10-15(21)11-9-14)12-19(26)23-16-6-4-5-7-18(16)28-20(27)24(2)3/h4-11,17H,12H2,1-3H3,(H,22,25)(H,23,26). The van der Waals surface area contributed by atoms with Crippen LogP contribution in [0.25, 0.3) is 0 Å². The fourth-order valence-electron chi connectivity index (χ4n) is 2.42. The van der Waals surface area contributed by atoms with Gasteiger partial charge in [-0.2, -0.15) is 0 Å². The Morgan fingerprint density at radius 2 is 1.71 bits per heavy atom. The first kappa shape index (κ1) is 21.8. The molecule has 0 saturated carbocycles. The topological polar surface area (TPSA) is 78.5 Å². The van der Waals surface area contributed by atoms with Crippen LogP contribution in [0.5, 0.6) is 0 Å². The maximum atomic E-state index is 12.6. The Balaban J connectivity index is 2.13. The van der Waals surface area contributed by atoms with E-state index in [1.807, 2.05) is 0 Å². The zero-order valence-corrected chi connectivity index (χ0v) is 17.4. The predicted molar refractivity (Wildman–Crippen MR) is 113 cm³/mol. The van der Waals surface area contributed by atoms with E-state index in [0.717, 1.165) is 17.3 Å². The highest BCUT2D eigenvalue weighted by molar-refractivity contribution is 8.13. The van der Waals surface area contributed by atoms with E-state index in [0.29, 0.717) is 15.6 Å². The molecular weight excluding hydrogens is 398 g/mol. The van der Waals surface area contributed by atoms with Gasteiger partial charge in [0.25, 0.3) is 5.24 Å². The minimum atomic E-state index is -0.488. The van der Waals surface area contributed by atoms with E-state index in [-0.39, 0.29) is 23.5 Å². The van der Waals surface area contributed by atoms with Gasteiger partial charge in [-0.15, -0.1) is 0 Å². The number of hydrogen-bond acceptors (Lipinski definition) is 4. The van der Waals surface area contributed by atoms with Gasteiger partial charge in [0.1, 0.15) is 0 Å². The number of nitrogens with zero attached hydrogens (tertiary/aromatic N) is 1. The van der Waals surface area contributed by atoms with Crippen molar-refractivity contribution in [1.29, 1.82) is 0 Å². The van der Waals surface area contributed by atoms with Gasteiger partial charge in [-0.25, -0.2) is 0 Å². The quantitative estimate of drug-likeness (QED) is 0.683. The van der Waals surface area contributed by atoms with Crippen LogP contribution >= 0.6 is 23.4 Å². The first-order valence-corrected chi connectivity index (χ1v) is 9.76. The zero-order valence-electron chi connectivity index (χ0n) is 15.9. The summed E-state index contributed by atoms with van der Waals surface area (Å²) in [5.74, 6) is -0.515. The number of amides is 3. The number of benzene rings is 2. The van der Waals surface area contributed by atoms with Gasteiger partial charge in [-0.05, 0) is 41.6 Å². The highest BCUT2D eigenvalue weighted by atomic mass is 35.5. The Kier molecular flexibility index (Phi) is 7.90. The Labute approximate surface area is 173 Å². The normalized spacial score (nSPS) is 11.4. The summed E-state index contributed by atoms with van der Waals surface area (Å²) in [7, 11) is 3.33. The number of thioether (sulfide) groups is 1. The average molecular weight is 420 g/mol. The smallest absolute Gasteiger partial charge is 0.286 e. The molecule has 2 N–H and O–H groups in total. The molecule has 6 nitrogen and oxygen atoms in total. The van der Waals surface area contributed by atoms with E-state index in [9.17, 15) is 14.4 Å². The second-order valence-corrected chi connectivity index (χ2v) is 7.75. The van der Waals surface area contributed by atoms with Crippen LogP contribution in [0.4, 0.5) is 10.5 Å². The predicted octanol–water partition coefficient (Wildman–Crippen LogP) is 4.32. The van der Waals surface area contributed by atoms with Crippen LogP contribution < -0.4 is 10.6 Å². The summed E-state index contributed by atoms with van der Waals surface area (Å²) >= 11 is 6.95. The second kappa shape index (κ2) is 10.1. The molecule has 28 heavy (non-hydrogen) atoms. The molecule has 0 bridgehead atoms. The number of para-hydroxylation sites is 1. The van der Waals surface area contributed by atoms with Gasteiger partial charge in [-0.1, -0.05) is 35.9 Å². The van der Waals surface area contributed by atoms with E-state index in [2.05, 4.69) is 10.6 Å². The van der Waals surface area contributed by atoms with Crippen LogP contribution in [0.15, 0.2) is 53.4 Å². The lowest BCUT2D eigenvalue weighted by atomic mass is 10.0. The van der Waals surface area contributed by atoms with Gasteiger partial charge in [0.05, 0.1) is 18.2 Å². The zero-order chi connectivity index (χ0) is 20.7. The summed E-state index contributed by atoms with van der Waals surface area (Å²) in [5, 5.41) is 6.05. The maximum absolute atomic E-state index is 12.6. The summed E-state index contributed by atoms with van der Waals surface area (Å²) in [4.78, 5) is 38.3. The van der Waals surface area contributed by atoms with Crippen molar-refractivity contribution in [3.8, 4) is 0 Å². The van der Waals surface area contributed by atoms with Crippen molar-refractivity contribution >= 4 is 46.1 Å². The van der Waals surface area contributed by atoms with Gasteiger partial charge >= 0.3 is 0 Å². The van der Waals surface area contributed by atoms with Crippen LogP contribution in [0.1, 0.15) is 24.9 Å². The monoisotopic (exact) mass is 419 g/mol. The van der Waals surface area contributed by atoms with Crippen LogP contribution in [-0.2, 0) is 9.59 Å². The molecular formula is C20H22ClN3O3S. The first-order valence-electron chi connectivity index (χ1n) is 8.57. The van der Waals surface area contributed by atoms with Gasteiger partial charge in [0, 0.05) is 30.9 Å². The van der Waals surface area contributed by atoms with Gasteiger partial charge < -0.3 is 15.5 Å². The molecule has 0 aromatic heterocycles. The highest BCUT2D eigenvalue weighted by Crippen LogP contribution is 2.29. The molecule has 8 heteroatoms. The van der Waals surface area contributed by atoms with Gasteiger partial charge in [0.2, 0.25) is 11.8 Å². The fraction of sp³-hybridized carbons (Fsp3) is 0.250. The van der Waals surface area contributed by atoms with Crippen LogP contribution in [0, 0.1) is 0 Å². The van der Waals surface area contributed by atoms with Gasteiger partial charge in [-0.3, -0.25) is 14.4 Å². The first-order chi connectivity index (χ1) is 13.3. The summed E-state index contributed by atoms with van der Waals surface area (Å²) in [5.41, 5.74) is 1.32. The summed E-state index contributed by atoms with van der Waals surface area (Å²) in [6.45, 7) is 1.40. The van der Waals surface area contributed by atoms with E-state index in [4.69, 9.17) is 11.6 Å².